The number of carbonyl (C=O) groups excluding carboxylic acids is 1. The smallest absolute Gasteiger partial charge is 0.227 e. The normalized spacial score (nSPS) is 20.8. The van der Waals surface area contributed by atoms with E-state index < -0.39 is 0 Å². The Labute approximate surface area is 114 Å². The maximum Gasteiger partial charge on any atom is 0.227 e. The molecule has 1 aromatic rings. The van der Waals surface area contributed by atoms with Crippen molar-refractivity contribution < 1.29 is 4.79 Å². The first-order chi connectivity index (χ1) is 9.33. The van der Waals surface area contributed by atoms with Crippen molar-refractivity contribution in [3.8, 4) is 0 Å². The van der Waals surface area contributed by atoms with Gasteiger partial charge in [0, 0.05) is 30.4 Å². The van der Waals surface area contributed by atoms with Crippen molar-refractivity contribution in [3.63, 3.8) is 0 Å². The average molecular weight is 259 g/mol. The number of hydrogen-bond acceptors (Lipinski definition) is 3. The lowest BCUT2D eigenvalue weighted by atomic mass is 10.1. The van der Waals surface area contributed by atoms with E-state index in [1.165, 1.54) is 0 Å². The third-order valence-electron chi connectivity index (χ3n) is 3.94. The lowest BCUT2D eigenvalue weighted by Gasteiger charge is -2.25. The summed E-state index contributed by atoms with van der Waals surface area (Å²) in [6, 6.07) is 8.80. The molecule has 4 nitrogen and oxygen atoms in total. The van der Waals surface area contributed by atoms with Crippen molar-refractivity contribution >= 4 is 17.3 Å². The highest BCUT2D eigenvalue weighted by molar-refractivity contribution is 5.95. The quantitative estimate of drug-likeness (QED) is 0.872. The summed E-state index contributed by atoms with van der Waals surface area (Å²) in [5.41, 5.74) is 2.16. The lowest BCUT2D eigenvalue weighted by Crippen LogP contribution is -2.35. The third-order valence-corrected chi connectivity index (χ3v) is 3.94. The lowest BCUT2D eigenvalue weighted by molar-refractivity contribution is -0.117. The molecule has 0 saturated carbocycles. The monoisotopic (exact) mass is 259 g/mol. The molecule has 0 aliphatic carbocycles. The highest BCUT2D eigenvalue weighted by Crippen LogP contribution is 2.25. The van der Waals surface area contributed by atoms with E-state index in [9.17, 15) is 4.79 Å². The molecule has 0 radical (unpaired) electrons. The predicted molar refractivity (Wildman–Crippen MR) is 77.5 cm³/mol. The molecule has 1 amide bonds. The van der Waals surface area contributed by atoms with Gasteiger partial charge in [0.2, 0.25) is 5.91 Å². The van der Waals surface area contributed by atoms with Crippen LogP contribution < -0.4 is 15.5 Å². The zero-order valence-electron chi connectivity index (χ0n) is 11.2. The Morgan fingerprint density at radius 2 is 2.11 bits per heavy atom. The molecule has 1 aromatic carbocycles. The van der Waals surface area contributed by atoms with Gasteiger partial charge in [-0.25, -0.2) is 0 Å². The summed E-state index contributed by atoms with van der Waals surface area (Å²) in [7, 11) is 0. The Morgan fingerprint density at radius 1 is 1.26 bits per heavy atom. The van der Waals surface area contributed by atoms with E-state index in [1.807, 2.05) is 17.0 Å². The molecule has 0 aromatic heterocycles. The summed E-state index contributed by atoms with van der Waals surface area (Å²) in [6.45, 7) is 3.03. The van der Waals surface area contributed by atoms with Crippen LogP contribution in [0.25, 0.3) is 0 Å². The molecule has 3 rings (SSSR count). The number of piperidine rings is 1. The summed E-state index contributed by atoms with van der Waals surface area (Å²) in [6.07, 6.45) is 3.98. The highest BCUT2D eigenvalue weighted by Gasteiger charge is 2.22. The first-order valence-electron chi connectivity index (χ1n) is 7.20. The van der Waals surface area contributed by atoms with Gasteiger partial charge in [-0.1, -0.05) is 6.07 Å². The second-order valence-electron chi connectivity index (χ2n) is 5.37. The van der Waals surface area contributed by atoms with Crippen LogP contribution in [-0.2, 0) is 4.79 Å². The Kier molecular flexibility index (Phi) is 3.69. The number of carbonyl (C=O) groups is 1. The standard InChI is InChI=1S/C15H21N3O/c19-15-5-2-10-18(15)14-4-1-3-13(11-14)17-12-6-8-16-9-7-12/h1,3-4,11-12,16-17H,2,5-10H2. The summed E-state index contributed by atoms with van der Waals surface area (Å²) >= 11 is 0. The number of nitrogens with one attached hydrogen (secondary N) is 2. The largest absolute Gasteiger partial charge is 0.382 e. The molecule has 2 fully saturated rings. The van der Waals surface area contributed by atoms with Crippen molar-refractivity contribution in [3.05, 3.63) is 24.3 Å². The molecule has 19 heavy (non-hydrogen) atoms. The summed E-state index contributed by atoms with van der Waals surface area (Å²) in [5.74, 6) is 0.249. The van der Waals surface area contributed by atoms with Crippen LogP contribution in [0.2, 0.25) is 0 Å². The maximum absolute atomic E-state index is 11.8. The molecule has 4 heteroatoms. The van der Waals surface area contributed by atoms with E-state index in [0.717, 1.165) is 50.3 Å². The van der Waals surface area contributed by atoms with Gasteiger partial charge in [0.25, 0.3) is 0 Å². The molecule has 2 saturated heterocycles. The minimum Gasteiger partial charge on any atom is -0.382 e. The van der Waals surface area contributed by atoms with Crippen LogP contribution in [0.15, 0.2) is 24.3 Å². The predicted octanol–water partition coefficient (Wildman–Crippen LogP) is 1.98. The van der Waals surface area contributed by atoms with Crippen LogP contribution in [0.1, 0.15) is 25.7 Å². The van der Waals surface area contributed by atoms with Crippen LogP contribution in [0.3, 0.4) is 0 Å². The summed E-state index contributed by atoms with van der Waals surface area (Å²) in [5, 5.41) is 6.95. The summed E-state index contributed by atoms with van der Waals surface area (Å²) in [4.78, 5) is 13.7. The van der Waals surface area contributed by atoms with Gasteiger partial charge in [-0.3, -0.25) is 4.79 Å². The molecule has 2 aliphatic heterocycles. The van der Waals surface area contributed by atoms with Gasteiger partial charge in [0.15, 0.2) is 0 Å². The Balaban J connectivity index is 1.70. The van der Waals surface area contributed by atoms with Crippen LogP contribution >= 0.6 is 0 Å². The average Bonchev–Trinajstić information content (AvgIpc) is 2.86. The van der Waals surface area contributed by atoms with Crippen LogP contribution in [0, 0.1) is 0 Å². The minimum absolute atomic E-state index is 0.249. The number of amides is 1. The molecule has 2 heterocycles. The fourth-order valence-corrected chi connectivity index (χ4v) is 2.89. The number of hydrogen-bond donors (Lipinski definition) is 2. The zero-order valence-corrected chi connectivity index (χ0v) is 11.2. The fourth-order valence-electron chi connectivity index (χ4n) is 2.89. The van der Waals surface area contributed by atoms with E-state index in [4.69, 9.17) is 0 Å². The van der Waals surface area contributed by atoms with E-state index in [0.29, 0.717) is 12.5 Å². The molecule has 0 atom stereocenters. The second-order valence-corrected chi connectivity index (χ2v) is 5.37. The van der Waals surface area contributed by atoms with E-state index in [-0.39, 0.29) is 5.91 Å². The highest BCUT2D eigenvalue weighted by atomic mass is 16.2. The maximum atomic E-state index is 11.8. The number of nitrogens with zero attached hydrogens (tertiary/aromatic N) is 1. The molecular formula is C15H21N3O. The molecule has 0 spiro atoms. The first kappa shape index (κ1) is 12.5. The van der Waals surface area contributed by atoms with Crippen molar-refractivity contribution in [1.29, 1.82) is 0 Å². The molecule has 2 N–H and O–H groups in total. The van der Waals surface area contributed by atoms with E-state index in [1.54, 1.807) is 0 Å². The molecule has 0 unspecified atom stereocenters. The van der Waals surface area contributed by atoms with Crippen LogP contribution in [0.4, 0.5) is 11.4 Å². The van der Waals surface area contributed by atoms with Gasteiger partial charge < -0.3 is 15.5 Å². The zero-order chi connectivity index (χ0) is 13.1. The Bertz CT molecular complexity index is 454. The van der Waals surface area contributed by atoms with E-state index in [2.05, 4.69) is 22.8 Å². The molecule has 2 aliphatic rings. The fraction of sp³-hybridized carbons (Fsp3) is 0.533. The third kappa shape index (κ3) is 2.89. The van der Waals surface area contributed by atoms with Crippen molar-refractivity contribution in [1.82, 2.24) is 5.32 Å². The Morgan fingerprint density at radius 3 is 2.84 bits per heavy atom. The molecule has 102 valence electrons. The number of benzene rings is 1. The van der Waals surface area contributed by atoms with Gasteiger partial charge in [0.1, 0.15) is 0 Å². The molecular weight excluding hydrogens is 238 g/mol. The van der Waals surface area contributed by atoms with Crippen molar-refractivity contribution in [2.45, 2.75) is 31.7 Å². The first-order valence-corrected chi connectivity index (χ1v) is 7.20. The Hall–Kier alpha value is -1.55. The SMILES string of the molecule is O=C1CCCN1c1cccc(NC2CCNCC2)c1. The number of rotatable bonds is 3. The number of anilines is 2. The van der Waals surface area contributed by atoms with Crippen molar-refractivity contribution in [2.75, 3.05) is 29.9 Å². The van der Waals surface area contributed by atoms with Gasteiger partial charge in [0.05, 0.1) is 0 Å². The van der Waals surface area contributed by atoms with Crippen LogP contribution in [0.5, 0.6) is 0 Å². The topological polar surface area (TPSA) is 44.4 Å². The molecule has 0 bridgehead atoms. The van der Waals surface area contributed by atoms with Crippen molar-refractivity contribution in [2.24, 2.45) is 0 Å². The van der Waals surface area contributed by atoms with Gasteiger partial charge in [-0.15, -0.1) is 0 Å². The van der Waals surface area contributed by atoms with E-state index >= 15 is 0 Å². The van der Waals surface area contributed by atoms with Crippen LogP contribution in [-0.4, -0.2) is 31.6 Å². The van der Waals surface area contributed by atoms with Gasteiger partial charge >= 0.3 is 0 Å². The second kappa shape index (κ2) is 5.61. The minimum atomic E-state index is 0.249. The van der Waals surface area contributed by atoms with Gasteiger partial charge in [-0.05, 0) is 50.6 Å². The van der Waals surface area contributed by atoms with Gasteiger partial charge in [-0.2, -0.15) is 0 Å². The summed E-state index contributed by atoms with van der Waals surface area (Å²) < 4.78 is 0.